The Hall–Kier alpha value is -3.24. The lowest BCUT2D eigenvalue weighted by atomic mass is 10.0. The predicted molar refractivity (Wildman–Crippen MR) is 119 cm³/mol. The van der Waals surface area contributed by atoms with E-state index >= 15 is 0 Å². The average Bonchev–Trinajstić information content (AvgIpc) is 2.78. The molecule has 0 unspecified atom stereocenters. The van der Waals surface area contributed by atoms with Gasteiger partial charge in [0.2, 0.25) is 0 Å². The molecule has 0 radical (unpaired) electrons. The van der Waals surface area contributed by atoms with Crippen LogP contribution < -0.4 is 10.5 Å². The van der Waals surface area contributed by atoms with Crippen LogP contribution in [0.15, 0.2) is 47.3 Å². The molecule has 0 saturated carbocycles. The number of aromatic nitrogens is 2. The lowest BCUT2D eigenvalue weighted by Gasteiger charge is -2.46. The predicted octanol–water partition coefficient (Wildman–Crippen LogP) is 3.43. The minimum Gasteiger partial charge on any atom is -0.364 e. The minimum atomic E-state index is -0.226. The molecule has 0 spiro atoms. The molecule has 0 N–H and O–H groups in total. The zero-order chi connectivity index (χ0) is 22.1. The Kier molecular flexibility index (Phi) is 5.75. The van der Waals surface area contributed by atoms with Crippen LogP contribution in [0.4, 0.5) is 10.1 Å². The van der Waals surface area contributed by atoms with Gasteiger partial charge in [-0.2, -0.15) is 5.26 Å². The molecule has 1 aliphatic rings. The normalized spacial score (nSPS) is 19.5. The van der Waals surface area contributed by atoms with Gasteiger partial charge in [0.05, 0.1) is 11.2 Å². The highest BCUT2D eigenvalue weighted by Crippen LogP contribution is 2.30. The zero-order valence-electron chi connectivity index (χ0n) is 18.0. The van der Waals surface area contributed by atoms with Gasteiger partial charge in [0, 0.05) is 44.8 Å². The number of anilines is 1. The van der Waals surface area contributed by atoms with Crippen LogP contribution in [0.5, 0.6) is 0 Å². The summed E-state index contributed by atoms with van der Waals surface area (Å²) >= 11 is 0. The Morgan fingerprint density at radius 1 is 1.19 bits per heavy atom. The largest absolute Gasteiger partial charge is 0.364 e. The first-order valence-corrected chi connectivity index (χ1v) is 10.6. The maximum absolute atomic E-state index is 13.3. The van der Waals surface area contributed by atoms with E-state index in [1.807, 2.05) is 12.1 Å². The third kappa shape index (κ3) is 4.04. The molecule has 1 aromatic carbocycles. The number of hydrogen-bond acceptors (Lipinski definition) is 5. The molecule has 2 atom stereocenters. The molecule has 3 aromatic rings. The standard InChI is InChI=1S/C24H26FN5O/c1-4-20-15-30(16(2)13-29(20)14-17-5-7-18(25)8-6-17)22-11-23(31)28(3)21-10-9-19(12-26)27-24(21)22/h5-11,16,20H,4,13-15H2,1-3H3/t16-,20+/m0/s1. The fraction of sp³-hybridized carbons (Fsp3) is 0.375. The highest BCUT2D eigenvalue weighted by Gasteiger charge is 2.32. The molecule has 160 valence electrons. The first kappa shape index (κ1) is 21.0. The van der Waals surface area contributed by atoms with Crippen molar-refractivity contribution in [3.05, 3.63) is 69.9 Å². The summed E-state index contributed by atoms with van der Waals surface area (Å²) in [6.07, 6.45) is 0.948. The molecule has 2 aromatic heterocycles. The highest BCUT2D eigenvalue weighted by molar-refractivity contribution is 5.89. The van der Waals surface area contributed by atoms with Crippen molar-refractivity contribution in [1.29, 1.82) is 5.26 Å². The molecule has 1 fully saturated rings. The zero-order valence-corrected chi connectivity index (χ0v) is 18.0. The van der Waals surface area contributed by atoms with Gasteiger partial charge in [0.25, 0.3) is 5.56 Å². The number of benzene rings is 1. The van der Waals surface area contributed by atoms with E-state index in [1.54, 1.807) is 29.8 Å². The van der Waals surface area contributed by atoms with Crippen molar-refractivity contribution < 1.29 is 4.39 Å². The summed E-state index contributed by atoms with van der Waals surface area (Å²) in [7, 11) is 1.72. The van der Waals surface area contributed by atoms with Crippen molar-refractivity contribution in [2.75, 3.05) is 18.0 Å². The topological polar surface area (TPSA) is 65.2 Å². The molecule has 3 heterocycles. The smallest absolute Gasteiger partial charge is 0.252 e. The molecule has 1 saturated heterocycles. The molecule has 1 aliphatic heterocycles. The summed E-state index contributed by atoms with van der Waals surface area (Å²) in [5, 5.41) is 9.32. The third-order valence-electron chi connectivity index (χ3n) is 6.22. The van der Waals surface area contributed by atoms with Crippen LogP contribution >= 0.6 is 0 Å². The summed E-state index contributed by atoms with van der Waals surface area (Å²) in [6, 6.07) is 14.3. The maximum atomic E-state index is 13.3. The summed E-state index contributed by atoms with van der Waals surface area (Å²) in [5.41, 5.74) is 3.50. The number of halogens is 1. The van der Waals surface area contributed by atoms with Crippen molar-refractivity contribution >= 4 is 16.7 Å². The Morgan fingerprint density at radius 2 is 1.94 bits per heavy atom. The van der Waals surface area contributed by atoms with Crippen molar-refractivity contribution in [2.24, 2.45) is 7.05 Å². The second kappa shape index (κ2) is 8.48. The second-order valence-corrected chi connectivity index (χ2v) is 8.22. The van der Waals surface area contributed by atoms with Crippen LogP contribution in [0.1, 0.15) is 31.5 Å². The van der Waals surface area contributed by atoms with Gasteiger partial charge in [-0.15, -0.1) is 0 Å². The van der Waals surface area contributed by atoms with Crippen LogP contribution in [-0.2, 0) is 13.6 Å². The molecular formula is C24H26FN5O. The summed E-state index contributed by atoms with van der Waals surface area (Å²) in [4.78, 5) is 21.8. The van der Waals surface area contributed by atoms with E-state index in [-0.39, 0.29) is 23.5 Å². The quantitative estimate of drug-likeness (QED) is 0.648. The van der Waals surface area contributed by atoms with Crippen molar-refractivity contribution in [3.8, 4) is 6.07 Å². The number of aryl methyl sites for hydroxylation is 1. The van der Waals surface area contributed by atoms with Crippen molar-refractivity contribution in [2.45, 2.75) is 38.9 Å². The van der Waals surface area contributed by atoms with E-state index in [1.165, 1.54) is 12.1 Å². The number of nitrogens with zero attached hydrogens (tertiary/aromatic N) is 5. The first-order chi connectivity index (χ1) is 14.9. The number of nitriles is 1. The van der Waals surface area contributed by atoms with Crippen LogP contribution in [0.2, 0.25) is 0 Å². The van der Waals surface area contributed by atoms with Gasteiger partial charge >= 0.3 is 0 Å². The lowest BCUT2D eigenvalue weighted by Crippen LogP contribution is -2.57. The Balaban J connectivity index is 1.69. The molecule has 6 nitrogen and oxygen atoms in total. The van der Waals surface area contributed by atoms with Crippen LogP contribution in [0.3, 0.4) is 0 Å². The fourth-order valence-corrected chi connectivity index (χ4v) is 4.44. The molecule has 31 heavy (non-hydrogen) atoms. The van der Waals surface area contributed by atoms with E-state index in [2.05, 4.69) is 34.7 Å². The molecule has 0 bridgehead atoms. The Bertz CT molecular complexity index is 1200. The van der Waals surface area contributed by atoms with Crippen LogP contribution in [0, 0.1) is 17.1 Å². The lowest BCUT2D eigenvalue weighted by molar-refractivity contribution is 0.142. The number of rotatable bonds is 4. The first-order valence-electron chi connectivity index (χ1n) is 10.6. The van der Waals surface area contributed by atoms with E-state index in [0.29, 0.717) is 11.2 Å². The van der Waals surface area contributed by atoms with Crippen LogP contribution in [-0.4, -0.2) is 39.6 Å². The molecule has 0 aliphatic carbocycles. The average molecular weight is 420 g/mol. The number of fused-ring (bicyclic) bond motifs is 1. The monoisotopic (exact) mass is 419 g/mol. The van der Waals surface area contributed by atoms with E-state index < -0.39 is 0 Å². The summed E-state index contributed by atoms with van der Waals surface area (Å²) < 4.78 is 14.8. The van der Waals surface area contributed by atoms with Gasteiger partial charge in [0.15, 0.2) is 0 Å². The van der Waals surface area contributed by atoms with Gasteiger partial charge in [-0.1, -0.05) is 19.1 Å². The minimum absolute atomic E-state index is 0.0944. The van der Waals surface area contributed by atoms with E-state index in [0.717, 1.165) is 42.8 Å². The van der Waals surface area contributed by atoms with Gasteiger partial charge in [0.1, 0.15) is 23.1 Å². The second-order valence-electron chi connectivity index (χ2n) is 8.22. The summed E-state index contributed by atoms with van der Waals surface area (Å²) in [6.45, 7) is 6.61. The fourth-order valence-electron chi connectivity index (χ4n) is 4.44. The Morgan fingerprint density at radius 3 is 2.61 bits per heavy atom. The van der Waals surface area contributed by atoms with Gasteiger partial charge < -0.3 is 9.47 Å². The molecule has 4 rings (SSSR count). The summed E-state index contributed by atoms with van der Waals surface area (Å²) in [5.74, 6) is -0.226. The van der Waals surface area contributed by atoms with E-state index in [4.69, 9.17) is 0 Å². The van der Waals surface area contributed by atoms with E-state index in [9.17, 15) is 14.4 Å². The highest BCUT2D eigenvalue weighted by atomic mass is 19.1. The SMILES string of the molecule is CC[C@@H]1CN(c2cc(=O)n(C)c3ccc(C#N)nc23)[C@@H](C)CN1Cc1ccc(F)cc1. The number of hydrogen-bond donors (Lipinski definition) is 0. The van der Waals surface area contributed by atoms with Gasteiger partial charge in [-0.25, -0.2) is 9.37 Å². The number of piperazine rings is 1. The van der Waals surface area contributed by atoms with Crippen molar-refractivity contribution in [1.82, 2.24) is 14.5 Å². The van der Waals surface area contributed by atoms with Gasteiger partial charge in [-0.05, 0) is 43.2 Å². The van der Waals surface area contributed by atoms with Crippen molar-refractivity contribution in [3.63, 3.8) is 0 Å². The molecule has 0 amide bonds. The van der Waals surface area contributed by atoms with Crippen LogP contribution in [0.25, 0.3) is 11.0 Å². The number of pyridine rings is 2. The Labute approximate surface area is 181 Å². The molecular weight excluding hydrogens is 393 g/mol. The molecule has 7 heteroatoms. The van der Waals surface area contributed by atoms with Gasteiger partial charge in [-0.3, -0.25) is 9.69 Å². The third-order valence-corrected chi connectivity index (χ3v) is 6.22. The maximum Gasteiger partial charge on any atom is 0.252 e.